The molecule has 0 fully saturated rings. The monoisotopic (exact) mass is 1030 g/mol. The van der Waals surface area contributed by atoms with Crippen molar-refractivity contribution in [1.29, 1.82) is 0 Å². The third-order valence-electron chi connectivity index (χ3n) is 9.45. The van der Waals surface area contributed by atoms with Crippen molar-refractivity contribution in [1.82, 2.24) is 19.9 Å². The summed E-state index contributed by atoms with van der Waals surface area (Å²) in [5.74, 6) is 0. The van der Waals surface area contributed by atoms with E-state index in [1.807, 2.05) is 133 Å². The van der Waals surface area contributed by atoms with E-state index in [0.717, 1.165) is 27.8 Å². The van der Waals surface area contributed by atoms with Crippen LogP contribution in [0.2, 0.25) is 0 Å². The first kappa shape index (κ1) is 38.2. The van der Waals surface area contributed by atoms with Crippen molar-refractivity contribution in [3.8, 4) is 44.5 Å². The number of nitrogens with zero attached hydrogens (tertiary/aromatic N) is 5. The predicted molar refractivity (Wildman–Crippen MR) is 235 cm³/mol. The second kappa shape index (κ2) is 15.7. The van der Waals surface area contributed by atoms with Gasteiger partial charge in [0.1, 0.15) is 5.69 Å². The first-order chi connectivity index (χ1) is 26.8. The molecular formula is C44H23Br4CuN5O2. The van der Waals surface area contributed by atoms with Gasteiger partial charge >= 0.3 is 17.1 Å². The third-order valence-corrected chi connectivity index (χ3v) is 13.6. The van der Waals surface area contributed by atoms with Gasteiger partial charge in [0.05, 0.1) is 22.0 Å². The maximum atomic E-state index is 13.1. The van der Waals surface area contributed by atoms with Gasteiger partial charge in [-0.15, -0.1) is 22.1 Å². The van der Waals surface area contributed by atoms with Crippen LogP contribution in [0.4, 0.5) is 0 Å². The normalized spacial score (nSPS) is 12.0. The topological polar surface area (TPSA) is 97.1 Å². The number of aromatic nitrogens is 4. The molecule has 9 rings (SSSR count). The van der Waals surface area contributed by atoms with Gasteiger partial charge < -0.3 is 9.97 Å². The number of nitro groups is 1. The van der Waals surface area contributed by atoms with Gasteiger partial charge in [-0.25, -0.2) is 9.97 Å². The van der Waals surface area contributed by atoms with E-state index in [-0.39, 0.29) is 33.4 Å². The Bertz CT molecular complexity index is 2930. The molecule has 3 aromatic heterocycles. The number of fused-ring (bicyclic) bond motifs is 8. The fraction of sp³-hybridized carbons (Fsp3) is 0. The first-order valence-electron chi connectivity index (χ1n) is 17.0. The number of rotatable bonds is 5. The predicted octanol–water partition coefficient (Wildman–Crippen LogP) is 13.2. The summed E-state index contributed by atoms with van der Waals surface area (Å²) >= 11 is 15.5. The molecule has 0 atom stereocenters. The average Bonchev–Trinajstić information content (AvgIpc) is 3.99. The summed E-state index contributed by atoms with van der Waals surface area (Å²) in [4.78, 5) is 33.8. The zero-order valence-electron chi connectivity index (χ0n) is 28.6. The molecule has 2 aliphatic heterocycles. The van der Waals surface area contributed by atoms with Crippen molar-refractivity contribution in [2.75, 3.05) is 0 Å². The Kier molecular flexibility index (Phi) is 10.7. The Morgan fingerprint density at radius 1 is 0.464 bits per heavy atom. The van der Waals surface area contributed by atoms with Crippen LogP contribution in [0.1, 0.15) is 22.8 Å². The van der Waals surface area contributed by atoms with Crippen LogP contribution in [0.3, 0.4) is 0 Å². The van der Waals surface area contributed by atoms with Gasteiger partial charge in [0.25, 0.3) is 5.70 Å². The van der Waals surface area contributed by atoms with Gasteiger partial charge in [-0.1, -0.05) is 185 Å². The molecule has 0 unspecified atom stereocenters. The quantitative estimate of drug-likeness (QED) is 0.0968. The van der Waals surface area contributed by atoms with Gasteiger partial charge in [0.2, 0.25) is 0 Å². The third kappa shape index (κ3) is 6.58. The van der Waals surface area contributed by atoms with Crippen LogP contribution >= 0.6 is 63.7 Å². The largest absolute Gasteiger partial charge is 2.00 e. The summed E-state index contributed by atoms with van der Waals surface area (Å²) in [6.07, 6.45) is 5.55. The van der Waals surface area contributed by atoms with Crippen molar-refractivity contribution >= 4 is 110 Å². The summed E-state index contributed by atoms with van der Waals surface area (Å²) in [7, 11) is 0. The van der Waals surface area contributed by atoms with Gasteiger partial charge in [-0.05, 0) is 51.1 Å². The number of hydrogen-bond acceptors (Lipinski definition) is 4. The molecule has 7 nitrogen and oxygen atoms in total. The minimum atomic E-state index is -0.384. The molecular weight excluding hydrogens is 1010 g/mol. The maximum absolute atomic E-state index is 13.1. The van der Waals surface area contributed by atoms with Crippen LogP contribution in [-0.4, -0.2) is 14.9 Å². The van der Waals surface area contributed by atoms with Crippen LogP contribution < -0.4 is 9.97 Å². The number of halogens is 4. The second-order valence-electron chi connectivity index (χ2n) is 12.7. The maximum Gasteiger partial charge on any atom is 2.00 e. The molecule has 0 saturated heterocycles. The van der Waals surface area contributed by atoms with E-state index in [4.69, 9.17) is 19.9 Å². The van der Waals surface area contributed by atoms with Gasteiger partial charge in [0.15, 0.2) is 0 Å². The van der Waals surface area contributed by atoms with E-state index < -0.39 is 0 Å². The van der Waals surface area contributed by atoms with E-state index >= 15 is 0 Å². The molecule has 2 aliphatic rings. The van der Waals surface area contributed by atoms with E-state index in [2.05, 4.69) is 63.7 Å². The van der Waals surface area contributed by atoms with Crippen LogP contribution in [0, 0.1) is 10.1 Å². The molecule has 4 aromatic carbocycles. The van der Waals surface area contributed by atoms with E-state index in [1.54, 1.807) is 0 Å². The summed E-state index contributed by atoms with van der Waals surface area (Å²) in [5, 5.41) is 13.1. The van der Waals surface area contributed by atoms with Gasteiger partial charge in [0, 0.05) is 29.5 Å². The summed E-state index contributed by atoms with van der Waals surface area (Å²) in [6, 6.07) is 39.2. The molecule has 0 aliphatic carbocycles. The van der Waals surface area contributed by atoms with Crippen LogP contribution in [-0.2, 0) is 17.1 Å². The van der Waals surface area contributed by atoms with Gasteiger partial charge in [-0.3, -0.25) is 10.1 Å². The van der Waals surface area contributed by atoms with Crippen LogP contribution in [0.25, 0.3) is 90.5 Å². The summed E-state index contributed by atoms with van der Waals surface area (Å²) < 4.78 is 2.69. The molecule has 1 radical (unpaired) electrons. The zero-order chi connectivity index (χ0) is 37.8. The van der Waals surface area contributed by atoms with Crippen molar-refractivity contribution < 1.29 is 22.0 Å². The van der Waals surface area contributed by atoms with Gasteiger partial charge in [-0.2, -0.15) is 0 Å². The summed E-state index contributed by atoms with van der Waals surface area (Å²) in [5.41, 5.74) is 10.1. The summed E-state index contributed by atoms with van der Waals surface area (Å²) in [6.45, 7) is 0. The fourth-order valence-corrected chi connectivity index (χ4v) is 8.92. The zero-order valence-corrected chi connectivity index (χ0v) is 35.9. The molecule has 12 heteroatoms. The molecule has 0 saturated carbocycles. The Labute approximate surface area is 365 Å². The van der Waals surface area contributed by atoms with Crippen molar-refractivity contribution in [3.63, 3.8) is 0 Å². The number of hydrogen-bond donors (Lipinski definition) is 0. The molecule has 0 spiro atoms. The first-order valence-corrected chi connectivity index (χ1v) is 20.2. The molecule has 7 aromatic rings. The molecule has 8 bridgehead atoms. The number of benzene rings is 4. The molecule has 275 valence electrons. The minimum absolute atomic E-state index is 0. The Morgan fingerprint density at radius 3 is 1.14 bits per heavy atom. The van der Waals surface area contributed by atoms with Crippen molar-refractivity contribution in [2.24, 2.45) is 0 Å². The Morgan fingerprint density at radius 2 is 0.786 bits per heavy atom. The molecule has 5 heterocycles. The molecule has 0 N–H and O–H groups in total. The van der Waals surface area contributed by atoms with Crippen molar-refractivity contribution in [2.45, 2.75) is 0 Å². The SMILES string of the molecule is O=[N+]([O-])C1=Cc2nc1c(-c1ccccc1)c1[n-]c(c(Br)c1Br)c(-c1ccccc1)c1nc(c(-c3ccccc3)c3[n-]c(c(Br)c3Br)c2-c2ccccc2)C=C1.[Cu+2]. The second-order valence-corrected chi connectivity index (χ2v) is 15.9. The average molecular weight is 1040 g/mol. The van der Waals surface area contributed by atoms with Crippen LogP contribution in [0.5, 0.6) is 0 Å². The van der Waals surface area contributed by atoms with E-state index in [0.29, 0.717) is 73.7 Å². The van der Waals surface area contributed by atoms with Crippen LogP contribution in [0.15, 0.2) is 139 Å². The molecule has 0 amide bonds. The Hall–Kier alpha value is -4.68. The molecule has 56 heavy (non-hydrogen) atoms. The Balaban J connectivity index is 0.00000441. The van der Waals surface area contributed by atoms with E-state index in [9.17, 15) is 10.1 Å². The van der Waals surface area contributed by atoms with Crippen molar-refractivity contribution in [3.05, 3.63) is 172 Å². The minimum Gasteiger partial charge on any atom is -0.655 e. The standard InChI is InChI=1S/C44H23Br4N5O2.Cu/c45-36-37(46)43-34(26-17-9-3-10-18-26)30-23-31(53(54)55)40(50-30)35(27-19-11-4-12-20-27)44-39(48)38(47)42(52-44)33(25-15-7-2-8-16-25)29-22-21-28(49-29)32(41(36)51-43)24-13-5-1-6-14-24;/h1-23H;/q-2;+2. The van der Waals surface area contributed by atoms with E-state index in [1.165, 1.54) is 6.08 Å². The smallest absolute Gasteiger partial charge is 0.655 e. The fourth-order valence-electron chi connectivity index (χ4n) is 7.02.